The summed E-state index contributed by atoms with van der Waals surface area (Å²) in [6, 6.07) is 6.87. The van der Waals surface area contributed by atoms with Gasteiger partial charge in [0.15, 0.2) is 0 Å². The van der Waals surface area contributed by atoms with Crippen LogP contribution < -0.4 is 5.32 Å². The van der Waals surface area contributed by atoms with E-state index in [-0.39, 0.29) is 0 Å². The van der Waals surface area contributed by atoms with Gasteiger partial charge in [-0.2, -0.15) is 0 Å². The van der Waals surface area contributed by atoms with Gasteiger partial charge in [-0.15, -0.1) is 0 Å². The molecule has 1 aromatic rings. The van der Waals surface area contributed by atoms with Crippen molar-refractivity contribution in [2.45, 2.75) is 33.4 Å². The molecule has 0 aliphatic heterocycles. The molecule has 0 aliphatic carbocycles. The molecule has 0 aromatic heterocycles. The fraction of sp³-hybridized carbons (Fsp3) is 0.571. The average molecular weight is 378 g/mol. The smallest absolute Gasteiger partial charge is 0.0209 e. The summed E-state index contributed by atoms with van der Waals surface area (Å²) in [4.78, 5) is 2.44. The summed E-state index contributed by atoms with van der Waals surface area (Å²) < 4.78 is 2.23. The van der Waals surface area contributed by atoms with Crippen LogP contribution in [0.1, 0.15) is 26.3 Å². The third kappa shape index (κ3) is 5.83. The van der Waals surface area contributed by atoms with Gasteiger partial charge in [-0.05, 0) is 43.8 Å². The van der Waals surface area contributed by atoms with Crippen LogP contribution in [0.2, 0.25) is 0 Å². The van der Waals surface area contributed by atoms with Gasteiger partial charge in [0.2, 0.25) is 0 Å². The van der Waals surface area contributed by atoms with Crippen molar-refractivity contribution < 1.29 is 0 Å². The van der Waals surface area contributed by atoms with Gasteiger partial charge in [-0.3, -0.25) is 0 Å². The van der Waals surface area contributed by atoms with Crippen molar-refractivity contribution in [1.82, 2.24) is 10.2 Å². The van der Waals surface area contributed by atoms with Gasteiger partial charge in [-0.25, -0.2) is 0 Å². The molecule has 0 heterocycles. The lowest BCUT2D eigenvalue weighted by atomic mass is 10.2. The molecule has 18 heavy (non-hydrogen) atoms. The maximum atomic E-state index is 3.57. The second kappa shape index (κ2) is 8.31. The number of nitrogens with zero attached hydrogens (tertiary/aromatic N) is 1. The Morgan fingerprint density at radius 3 is 2.17 bits per heavy atom. The van der Waals surface area contributed by atoms with Crippen LogP contribution in [0.4, 0.5) is 0 Å². The second-order valence-electron chi connectivity index (χ2n) is 4.55. The first-order chi connectivity index (χ1) is 8.55. The number of rotatable bonds is 7. The predicted octanol–water partition coefficient (Wildman–Crippen LogP) is 4.03. The highest BCUT2D eigenvalue weighted by Gasteiger charge is 2.06. The first kappa shape index (κ1) is 16.2. The minimum atomic E-state index is 0.502. The van der Waals surface area contributed by atoms with Crippen molar-refractivity contribution in [2.75, 3.05) is 19.6 Å². The van der Waals surface area contributed by atoms with E-state index in [1.54, 1.807) is 0 Å². The van der Waals surface area contributed by atoms with Crippen LogP contribution in [0, 0.1) is 0 Å². The number of halogens is 2. The molecule has 1 aromatic carbocycles. The Morgan fingerprint density at radius 2 is 1.67 bits per heavy atom. The maximum absolute atomic E-state index is 3.57. The van der Waals surface area contributed by atoms with E-state index in [9.17, 15) is 0 Å². The van der Waals surface area contributed by atoms with Crippen LogP contribution in [0.25, 0.3) is 0 Å². The SMILES string of the molecule is CCN(CC)CC(C)NCc1cc(Br)cc(Br)c1. The lowest BCUT2D eigenvalue weighted by molar-refractivity contribution is 0.270. The highest BCUT2D eigenvalue weighted by Crippen LogP contribution is 2.20. The summed E-state index contributed by atoms with van der Waals surface area (Å²) in [5.74, 6) is 0. The van der Waals surface area contributed by atoms with Crippen molar-refractivity contribution in [1.29, 1.82) is 0 Å². The quantitative estimate of drug-likeness (QED) is 0.771. The first-order valence-corrected chi connectivity index (χ1v) is 8.04. The lowest BCUT2D eigenvalue weighted by Crippen LogP contribution is -2.38. The summed E-state index contributed by atoms with van der Waals surface area (Å²) in [5, 5.41) is 3.57. The topological polar surface area (TPSA) is 15.3 Å². The minimum absolute atomic E-state index is 0.502. The molecule has 0 spiro atoms. The number of benzene rings is 1. The van der Waals surface area contributed by atoms with E-state index in [1.165, 1.54) is 5.56 Å². The number of hydrogen-bond acceptors (Lipinski definition) is 2. The molecule has 2 nitrogen and oxygen atoms in total. The molecule has 0 fully saturated rings. The molecule has 1 rings (SSSR count). The van der Waals surface area contributed by atoms with E-state index >= 15 is 0 Å². The molecule has 0 aliphatic rings. The Hall–Kier alpha value is 0.1000. The van der Waals surface area contributed by atoms with Crippen molar-refractivity contribution in [3.05, 3.63) is 32.7 Å². The summed E-state index contributed by atoms with van der Waals surface area (Å²) in [7, 11) is 0. The molecule has 1 unspecified atom stereocenters. The zero-order chi connectivity index (χ0) is 13.5. The standard InChI is InChI=1S/C14H22Br2N2/c1-4-18(5-2)10-11(3)17-9-12-6-13(15)8-14(16)7-12/h6-8,11,17H,4-5,9-10H2,1-3H3. The van der Waals surface area contributed by atoms with Crippen LogP contribution in [0.5, 0.6) is 0 Å². The molecule has 0 radical (unpaired) electrons. The Balaban J connectivity index is 2.44. The molecule has 0 bridgehead atoms. The van der Waals surface area contributed by atoms with E-state index in [0.29, 0.717) is 6.04 Å². The highest BCUT2D eigenvalue weighted by atomic mass is 79.9. The normalized spacial score (nSPS) is 13.0. The van der Waals surface area contributed by atoms with Gasteiger partial charge in [-0.1, -0.05) is 45.7 Å². The van der Waals surface area contributed by atoms with Crippen molar-refractivity contribution in [3.8, 4) is 0 Å². The van der Waals surface area contributed by atoms with Crippen molar-refractivity contribution in [3.63, 3.8) is 0 Å². The van der Waals surface area contributed by atoms with E-state index in [1.807, 2.05) is 0 Å². The van der Waals surface area contributed by atoms with Gasteiger partial charge < -0.3 is 10.2 Å². The molecule has 0 saturated heterocycles. The van der Waals surface area contributed by atoms with Gasteiger partial charge >= 0.3 is 0 Å². The van der Waals surface area contributed by atoms with Crippen LogP contribution >= 0.6 is 31.9 Å². The summed E-state index contributed by atoms with van der Waals surface area (Å²) >= 11 is 7.03. The van der Waals surface area contributed by atoms with Crippen LogP contribution in [0.3, 0.4) is 0 Å². The molecular weight excluding hydrogens is 356 g/mol. The molecule has 102 valence electrons. The molecule has 1 atom stereocenters. The van der Waals surface area contributed by atoms with Gasteiger partial charge in [0.25, 0.3) is 0 Å². The zero-order valence-corrected chi connectivity index (χ0v) is 14.5. The number of likely N-dealkylation sites (N-methyl/N-ethyl adjacent to an activating group) is 1. The zero-order valence-electron chi connectivity index (χ0n) is 11.3. The number of hydrogen-bond donors (Lipinski definition) is 1. The van der Waals surface area contributed by atoms with E-state index in [0.717, 1.165) is 35.1 Å². The molecule has 0 saturated carbocycles. The van der Waals surface area contributed by atoms with E-state index in [4.69, 9.17) is 0 Å². The van der Waals surface area contributed by atoms with Crippen molar-refractivity contribution in [2.24, 2.45) is 0 Å². The van der Waals surface area contributed by atoms with Gasteiger partial charge in [0.05, 0.1) is 0 Å². The maximum Gasteiger partial charge on any atom is 0.0209 e. The largest absolute Gasteiger partial charge is 0.309 e. The number of nitrogens with one attached hydrogen (secondary N) is 1. The molecule has 0 amide bonds. The minimum Gasteiger partial charge on any atom is -0.309 e. The van der Waals surface area contributed by atoms with Gasteiger partial charge in [0, 0.05) is 28.1 Å². The third-order valence-electron chi connectivity index (χ3n) is 3.00. The Morgan fingerprint density at radius 1 is 1.11 bits per heavy atom. The summed E-state index contributed by atoms with van der Waals surface area (Å²) in [6.45, 7) is 10.9. The Kier molecular flexibility index (Phi) is 7.46. The van der Waals surface area contributed by atoms with Crippen LogP contribution in [-0.4, -0.2) is 30.6 Å². The summed E-state index contributed by atoms with van der Waals surface area (Å²) in [6.07, 6.45) is 0. The fourth-order valence-corrected chi connectivity index (χ4v) is 3.33. The Labute approximate surface area is 127 Å². The second-order valence-corrected chi connectivity index (χ2v) is 6.38. The highest BCUT2D eigenvalue weighted by molar-refractivity contribution is 9.11. The Bertz CT molecular complexity index is 345. The molecular formula is C14H22Br2N2. The monoisotopic (exact) mass is 376 g/mol. The van der Waals surface area contributed by atoms with Crippen molar-refractivity contribution >= 4 is 31.9 Å². The molecule has 1 N–H and O–H groups in total. The molecule has 4 heteroatoms. The van der Waals surface area contributed by atoms with E-state index in [2.05, 4.69) is 81.0 Å². The van der Waals surface area contributed by atoms with E-state index < -0.39 is 0 Å². The predicted molar refractivity (Wildman–Crippen MR) is 85.9 cm³/mol. The van der Waals surface area contributed by atoms with Crippen LogP contribution in [0.15, 0.2) is 27.1 Å². The third-order valence-corrected chi connectivity index (χ3v) is 3.92. The fourth-order valence-electron chi connectivity index (χ4n) is 1.94. The lowest BCUT2D eigenvalue weighted by Gasteiger charge is -2.23. The summed E-state index contributed by atoms with van der Waals surface area (Å²) in [5.41, 5.74) is 1.29. The average Bonchev–Trinajstić information content (AvgIpc) is 2.32. The first-order valence-electron chi connectivity index (χ1n) is 6.45. The van der Waals surface area contributed by atoms with Gasteiger partial charge in [0.1, 0.15) is 0 Å². The van der Waals surface area contributed by atoms with Crippen LogP contribution in [-0.2, 0) is 6.54 Å².